The van der Waals surface area contributed by atoms with Gasteiger partial charge in [0.15, 0.2) is 0 Å². The van der Waals surface area contributed by atoms with Gasteiger partial charge in [-0.1, -0.05) is 0 Å². The molecule has 2 rings (SSSR count). The normalized spacial score (nSPS) is 10.3. The zero-order valence-corrected chi connectivity index (χ0v) is 11.9. The Balaban J connectivity index is 2.24. The highest BCUT2D eigenvalue weighted by atomic mass is 79.9. The molecule has 3 nitrogen and oxygen atoms in total. The molecule has 0 radical (unpaired) electrons. The maximum absolute atomic E-state index is 13.4. The molecule has 5 heteroatoms. The van der Waals surface area contributed by atoms with E-state index in [-0.39, 0.29) is 5.82 Å². The van der Waals surface area contributed by atoms with Crippen molar-refractivity contribution in [2.45, 2.75) is 6.92 Å². The molecule has 0 saturated heterocycles. The summed E-state index contributed by atoms with van der Waals surface area (Å²) in [5.74, 6) is 1.14. The molecule has 2 aromatic carbocycles. The molecule has 0 amide bonds. The molecule has 0 unspecified atom stereocenters. The molecule has 0 aromatic heterocycles. The van der Waals surface area contributed by atoms with Gasteiger partial charge in [-0.15, -0.1) is 0 Å². The van der Waals surface area contributed by atoms with E-state index < -0.39 is 0 Å². The van der Waals surface area contributed by atoms with Gasteiger partial charge in [-0.3, -0.25) is 0 Å². The molecule has 0 saturated carbocycles. The number of benzene rings is 2. The SMILES string of the molecule is CCOc1cc(N)cc(Oc2ccc(Br)c(F)c2)c1. The van der Waals surface area contributed by atoms with Crippen LogP contribution >= 0.6 is 15.9 Å². The molecule has 2 aromatic rings. The third kappa shape index (κ3) is 3.61. The quantitative estimate of drug-likeness (QED) is 0.849. The van der Waals surface area contributed by atoms with Gasteiger partial charge in [-0.2, -0.15) is 0 Å². The van der Waals surface area contributed by atoms with E-state index >= 15 is 0 Å². The summed E-state index contributed by atoms with van der Waals surface area (Å²) >= 11 is 3.09. The number of halogens is 2. The van der Waals surface area contributed by atoms with Crippen molar-refractivity contribution in [1.82, 2.24) is 0 Å². The van der Waals surface area contributed by atoms with E-state index in [1.807, 2.05) is 6.92 Å². The van der Waals surface area contributed by atoms with E-state index in [4.69, 9.17) is 15.2 Å². The van der Waals surface area contributed by atoms with E-state index in [1.54, 1.807) is 30.3 Å². The Kier molecular flexibility index (Phi) is 4.27. The lowest BCUT2D eigenvalue weighted by atomic mass is 10.3. The summed E-state index contributed by atoms with van der Waals surface area (Å²) in [6, 6.07) is 9.62. The van der Waals surface area contributed by atoms with Crippen LogP contribution in [0.15, 0.2) is 40.9 Å². The summed E-state index contributed by atoms with van der Waals surface area (Å²) in [5, 5.41) is 0. The first-order valence-electron chi connectivity index (χ1n) is 5.74. The monoisotopic (exact) mass is 325 g/mol. The molecular formula is C14H13BrFNO2. The van der Waals surface area contributed by atoms with Gasteiger partial charge >= 0.3 is 0 Å². The predicted molar refractivity (Wildman–Crippen MR) is 76.2 cm³/mol. The molecule has 0 aliphatic rings. The minimum atomic E-state index is -0.383. The Morgan fingerprint density at radius 2 is 1.84 bits per heavy atom. The van der Waals surface area contributed by atoms with Crippen LogP contribution in [0.4, 0.5) is 10.1 Å². The zero-order valence-electron chi connectivity index (χ0n) is 10.3. The first-order chi connectivity index (χ1) is 9.08. The molecule has 19 heavy (non-hydrogen) atoms. The van der Waals surface area contributed by atoms with Crippen molar-refractivity contribution in [3.63, 3.8) is 0 Å². The van der Waals surface area contributed by atoms with Crippen molar-refractivity contribution < 1.29 is 13.9 Å². The third-order valence-electron chi connectivity index (χ3n) is 2.34. The Morgan fingerprint density at radius 3 is 2.53 bits per heavy atom. The van der Waals surface area contributed by atoms with Gasteiger partial charge in [0.25, 0.3) is 0 Å². The second-order valence-electron chi connectivity index (χ2n) is 3.85. The van der Waals surface area contributed by atoms with Gasteiger partial charge in [0.1, 0.15) is 23.1 Å². The fourth-order valence-electron chi connectivity index (χ4n) is 1.58. The molecule has 0 bridgehead atoms. The highest BCUT2D eigenvalue weighted by Crippen LogP contribution is 2.30. The summed E-state index contributed by atoms with van der Waals surface area (Å²) < 4.78 is 24.7. The van der Waals surface area contributed by atoms with Crippen LogP contribution in [0.3, 0.4) is 0 Å². The fourth-order valence-corrected chi connectivity index (χ4v) is 1.83. The molecular weight excluding hydrogens is 313 g/mol. The highest BCUT2D eigenvalue weighted by molar-refractivity contribution is 9.10. The lowest BCUT2D eigenvalue weighted by Crippen LogP contribution is -1.95. The second kappa shape index (κ2) is 5.93. The number of hydrogen-bond donors (Lipinski definition) is 1. The fraction of sp³-hybridized carbons (Fsp3) is 0.143. The molecule has 0 fully saturated rings. The van der Waals surface area contributed by atoms with Crippen LogP contribution < -0.4 is 15.2 Å². The van der Waals surface area contributed by atoms with Crippen molar-refractivity contribution in [1.29, 1.82) is 0 Å². The molecule has 0 atom stereocenters. The van der Waals surface area contributed by atoms with Crippen LogP contribution in [0.5, 0.6) is 17.2 Å². The van der Waals surface area contributed by atoms with Gasteiger partial charge < -0.3 is 15.2 Å². The lowest BCUT2D eigenvalue weighted by molar-refractivity contribution is 0.338. The Morgan fingerprint density at radius 1 is 1.11 bits per heavy atom. The van der Waals surface area contributed by atoms with E-state index in [2.05, 4.69) is 15.9 Å². The molecule has 0 aliphatic carbocycles. The third-order valence-corrected chi connectivity index (χ3v) is 2.98. The van der Waals surface area contributed by atoms with E-state index in [9.17, 15) is 4.39 Å². The second-order valence-corrected chi connectivity index (χ2v) is 4.70. The van der Waals surface area contributed by atoms with Gasteiger partial charge in [0, 0.05) is 30.0 Å². The first-order valence-corrected chi connectivity index (χ1v) is 6.54. The molecule has 0 spiro atoms. The number of hydrogen-bond acceptors (Lipinski definition) is 3. The molecule has 2 N–H and O–H groups in total. The van der Waals surface area contributed by atoms with Crippen molar-refractivity contribution in [2.75, 3.05) is 12.3 Å². The Hall–Kier alpha value is -1.75. The van der Waals surface area contributed by atoms with Gasteiger partial charge in [0.2, 0.25) is 0 Å². The standard InChI is InChI=1S/C14H13BrFNO2/c1-2-18-11-5-9(17)6-12(7-11)19-10-3-4-13(15)14(16)8-10/h3-8H,2,17H2,1H3. The van der Waals surface area contributed by atoms with Gasteiger partial charge in [-0.05, 0) is 35.0 Å². The Labute approximate surface area is 119 Å². The summed E-state index contributed by atoms with van der Waals surface area (Å²) in [6.07, 6.45) is 0. The summed E-state index contributed by atoms with van der Waals surface area (Å²) in [7, 11) is 0. The average molecular weight is 326 g/mol. The molecule has 0 heterocycles. The van der Waals surface area contributed by atoms with Crippen LogP contribution in [0.1, 0.15) is 6.92 Å². The number of ether oxygens (including phenoxy) is 2. The highest BCUT2D eigenvalue weighted by Gasteiger charge is 2.05. The summed E-state index contributed by atoms with van der Waals surface area (Å²) in [5.41, 5.74) is 6.28. The molecule has 0 aliphatic heterocycles. The smallest absolute Gasteiger partial charge is 0.141 e. The van der Waals surface area contributed by atoms with Crippen molar-refractivity contribution >= 4 is 21.6 Å². The topological polar surface area (TPSA) is 44.5 Å². The summed E-state index contributed by atoms with van der Waals surface area (Å²) in [4.78, 5) is 0. The van der Waals surface area contributed by atoms with Gasteiger partial charge in [0.05, 0.1) is 11.1 Å². The zero-order chi connectivity index (χ0) is 13.8. The van der Waals surface area contributed by atoms with Crippen LogP contribution in [0.25, 0.3) is 0 Å². The van der Waals surface area contributed by atoms with E-state index in [0.29, 0.717) is 34.0 Å². The van der Waals surface area contributed by atoms with Crippen LogP contribution in [0.2, 0.25) is 0 Å². The van der Waals surface area contributed by atoms with E-state index in [0.717, 1.165) is 0 Å². The number of nitrogens with two attached hydrogens (primary N) is 1. The van der Waals surface area contributed by atoms with Crippen molar-refractivity contribution in [3.8, 4) is 17.2 Å². The lowest BCUT2D eigenvalue weighted by Gasteiger charge is -2.10. The molecule has 100 valence electrons. The number of rotatable bonds is 4. The van der Waals surface area contributed by atoms with Crippen molar-refractivity contribution in [2.24, 2.45) is 0 Å². The first kappa shape index (κ1) is 13.7. The van der Waals surface area contributed by atoms with Crippen LogP contribution in [-0.2, 0) is 0 Å². The number of anilines is 1. The van der Waals surface area contributed by atoms with E-state index in [1.165, 1.54) is 6.07 Å². The maximum atomic E-state index is 13.4. The minimum Gasteiger partial charge on any atom is -0.494 e. The average Bonchev–Trinajstić information content (AvgIpc) is 2.33. The Bertz CT molecular complexity index is 590. The predicted octanol–water partition coefficient (Wildman–Crippen LogP) is 4.36. The largest absolute Gasteiger partial charge is 0.494 e. The summed E-state index contributed by atoms with van der Waals surface area (Å²) in [6.45, 7) is 2.42. The maximum Gasteiger partial charge on any atom is 0.141 e. The van der Waals surface area contributed by atoms with Crippen LogP contribution in [-0.4, -0.2) is 6.61 Å². The van der Waals surface area contributed by atoms with Crippen LogP contribution in [0, 0.1) is 5.82 Å². The minimum absolute atomic E-state index is 0.383. The number of nitrogen functional groups attached to an aromatic ring is 1. The van der Waals surface area contributed by atoms with Gasteiger partial charge in [-0.25, -0.2) is 4.39 Å². The van der Waals surface area contributed by atoms with Crippen molar-refractivity contribution in [3.05, 3.63) is 46.7 Å².